The molecule has 3 N–H and O–H groups in total. The van der Waals surface area contributed by atoms with Crippen molar-refractivity contribution < 1.29 is 15.0 Å². The van der Waals surface area contributed by atoms with Crippen LogP contribution in [0.4, 0.5) is 0 Å². The van der Waals surface area contributed by atoms with E-state index in [1.54, 1.807) is 35.4 Å². The fourth-order valence-corrected chi connectivity index (χ4v) is 2.62. The van der Waals surface area contributed by atoms with Crippen molar-refractivity contribution in [3.05, 3.63) is 66.6 Å². The fourth-order valence-electron chi connectivity index (χ4n) is 2.62. The quantitative estimate of drug-likeness (QED) is 0.624. The van der Waals surface area contributed by atoms with Gasteiger partial charge in [-0.25, -0.2) is 4.68 Å². The first kappa shape index (κ1) is 17.8. The first-order valence-corrected chi connectivity index (χ1v) is 8.22. The topological polar surface area (TPSA) is 100 Å². The van der Waals surface area contributed by atoms with Crippen LogP contribution in [-0.4, -0.2) is 43.5 Å². The highest BCUT2D eigenvalue weighted by Crippen LogP contribution is 2.29. The number of nitrogens with zero attached hydrogens (tertiary/aromatic N) is 3. The van der Waals surface area contributed by atoms with Crippen molar-refractivity contribution in [2.75, 3.05) is 6.54 Å². The van der Waals surface area contributed by atoms with E-state index in [0.29, 0.717) is 11.3 Å². The molecular formula is C19H20N4O3. The van der Waals surface area contributed by atoms with Crippen LogP contribution in [0.1, 0.15) is 18.6 Å². The van der Waals surface area contributed by atoms with E-state index in [1.807, 2.05) is 30.3 Å². The molecule has 0 aliphatic heterocycles. The van der Waals surface area contributed by atoms with Gasteiger partial charge in [0.2, 0.25) is 5.91 Å². The van der Waals surface area contributed by atoms with E-state index in [-0.39, 0.29) is 12.5 Å². The summed E-state index contributed by atoms with van der Waals surface area (Å²) in [4.78, 5) is 15.1. The van der Waals surface area contributed by atoms with Gasteiger partial charge >= 0.3 is 0 Å². The Morgan fingerprint density at radius 1 is 1.15 bits per heavy atom. The fraction of sp³-hybridized carbons (Fsp3) is 0.211. The minimum Gasteiger partial charge on any atom is -0.388 e. The molecule has 0 aliphatic carbocycles. The molecule has 2 atom stereocenters. The summed E-state index contributed by atoms with van der Waals surface area (Å²) in [7, 11) is 0. The number of benzene rings is 1. The van der Waals surface area contributed by atoms with Crippen LogP contribution in [0.2, 0.25) is 0 Å². The number of amides is 1. The van der Waals surface area contributed by atoms with Gasteiger partial charge in [-0.3, -0.25) is 9.78 Å². The number of rotatable bonds is 6. The molecule has 0 saturated heterocycles. The number of hydrogen-bond donors (Lipinski definition) is 3. The van der Waals surface area contributed by atoms with E-state index in [2.05, 4.69) is 15.4 Å². The second-order valence-electron chi connectivity index (χ2n) is 5.90. The highest BCUT2D eigenvalue weighted by molar-refractivity contribution is 5.72. The molecule has 1 amide bonds. The van der Waals surface area contributed by atoms with Gasteiger partial charge in [-0.2, -0.15) is 5.10 Å². The zero-order valence-corrected chi connectivity index (χ0v) is 14.3. The van der Waals surface area contributed by atoms with Crippen LogP contribution in [0.5, 0.6) is 0 Å². The van der Waals surface area contributed by atoms with E-state index in [9.17, 15) is 15.0 Å². The zero-order valence-electron chi connectivity index (χ0n) is 14.3. The number of para-hydroxylation sites is 1. The maximum Gasteiger partial charge on any atom is 0.216 e. The Morgan fingerprint density at radius 2 is 1.85 bits per heavy atom. The number of aliphatic hydroxyl groups is 2. The van der Waals surface area contributed by atoms with Crippen LogP contribution < -0.4 is 5.32 Å². The third kappa shape index (κ3) is 3.96. The molecule has 0 radical (unpaired) electrons. The van der Waals surface area contributed by atoms with Crippen molar-refractivity contribution in [2.45, 2.75) is 19.1 Å². The van der Waals surface area contributed by atoms with Gasteiger partial charge in [-0.1, -0.05) is 18.2 Å². The number of hydrogen-bond acceptors (Lipinski definition) is 5. The van der Waals surface area contributed by atoms with Gasteiger partial charge < -0.3 is 15.5 Å². The van der Waals surface area contributed by atoms with Gasteiger partial charge in [0, 0.05) is 43.2 Å². The van der Waals surface area contributed by atoms with E-state index in [0.717, 1.165) is 11.3 Å². The second-order valence-corrected chi connectivity index (χ2v) is 5.90. The molecular weight excluding hydrogens is 332 g/mol. The molecule has 0 spiro atoms. The molecule has 134 valence electrons. The van der Waals surface area contributed by atoms with Gasteiger partial charge in [0.15, 0.2) is 0 Å². The van der Waals surface area contributed by atoms with Crippen molar-refractivity contribution in [3.8, 4) is 16.9 Å². The predicted octanol–water partition coefficient (Wildman–Crippen LogP) is 1.46. The second kappa shape index (κ2) is 7.90. The van der Waals surface area contributed by atoms with E-state index < -0.39 is 12.2 Å². The maximum atomic E-state index is 11.1. The zero-order chi connectivity index (χ0) is 18.5. The number of aromatic nitrogens is 3. The van der Waals surface area contributed by atoms with Crippen molar-refractivity contribution in [1.29, 1.82) is 0 Å². The number of carbonyl (C=O) groups excluding carboxylic acids is 1. The van der Waals surface area contributed by atoms with Crippen molar-refractivity contribution >= 4 is 5.91 Å². The highest BCUT2D eigenvalue weighted by Gasteiger charge is 2.25. The van der Waals surface area contributed by atoms with E-state index in [1.165, 1.54) is 6.92 Å². The van der Waals surface area contributed by atoms with Crippen molar-refractivity contribution in [3.63, 3.8) is 0 Å². The summed E-state index contributed by atoms with van der Waals surface area (Å²) in [6, 6.07) is 13.1. The molecule has 3 aromatic rings. The molecule has 1 aromatic carbocycles. The van der Waals surface area contributed by atoms with Crippen LogP contribution in [0, 0.1) is 0 Å². The Kier molecular flexibility index (Phi) is 5.40. The van der Waals surface area contributed by atoms with Gasteiger partial charge in [-0.15, -0.1) is 0 Å². The number of nitrogens with one attached hydrogen (secondary N) is 1. The van der Waals surface area contributed by atoms with Crippen molar-refractivity contribution in [1.82, 2.24) is 20.1 Å². The molecule has 7 heteroatoms. The number of aliphatic hydroxyl groups excluding tert-OH is 2. The first-order valence-electron chi connectivity index (χ1n) is 8.22. The lowest BCUT2D eigenvalue weighted by molar-refractivity contribution is -0.119. The van der Waals surface area contributed by atoms with Gasteiger partial charge in [-0.05, 0) is 24.3 Å². The molecule has 2 unspecified atom stereocenters. The monoisotopic (exact) mass is 352 g/mol. The van der Waals surface area contributed by atoms with Crippen LogP contribution in [0.15, 0.2) is 61.1 Å². The third-order valence-electron chi connectivity index (χ3n) is 3.96. The lowest BCUT2D eigenvalue weighted by Gasteiger charge is -2.18. The van der Waals surface area contributed by atoms with E-state index in [4.69, 9.17) is 0 Å². The molecule has 2 heterocycles. The van der Waals surface area contributed by atoms with Crippen molar-refractivity contribution in [2.24, 2.45) is 0 Å². The summed E-state index contributed by atoms with van der Waals surface area (Å²) in [6.45, 7) is 1.30. The van der Waals surface area contributed by atoms with Crippen LogP contribution >= 0.6 is 0 Å². The Balaban J connectivity index is 1.99. The van der Waals surface area contributed by atoms with Gasteiger partial charge in [0.25, 0.3) is 0 Å². The van der Waals surface area contributed by atoms with E-state index >= 15 is 0 Å². The molecule has 0 fully saturated rings. The SMILES string of the molecule is CC(=O)NCC(O)C(O)c1cn(-c2ccccc2)nc1-c1ccncc1. The minimum atomic E-state index is -1.21. The summed E-state index contributed by atoms with van der Waals surface area (Å²) in [5.74, 6) is -0.273. The molecule has 7 nitrogen and oxygen atoms in total. The van der Waals surface area contributed by atoms with Crippen LogP contribution in [-0.2, 0) is 4.79 Å². The standard InChI is InChI=1S/C19H20N4O3/c1-13(24)21-11-17(25)19(26)16-12-23(15-5-3-2-4-6-15)22-18(16)14-7-9-20-10-8-14/h2-10,12,17,19,25-26H,11H2,1H3,(H,21,24). The molecule has 2 aromatic heterocycles. The highest BCUT2D eigenvalue weighted by atomic mass is 16.3. The van der Waals surface area contributed by atoms with Gasteiger partial charge in [0.05, 0.1) is 11.4 Å². The average molecular weight is 352 g/mol. The summed E-state index contributed by atoms with van der Waals surface area (Å²) >= 11 is 0. The molecule has 0 aliphatic rings. The number of carbonyl (C=O) groups is 1. The Bertz CT molecular complexity index is 865. The van der Waals surface area contributed by atoms with Gasteiger partial charge in [0.1, 0.15) is 12.2 Å². The Hall–Kier alpha value is -3.03. The maximum absolute atomic E-state index is 11.1. The molecule has 3 rings (SSSR count). The Morgan fingerprint density at radius 3 is 2.50 bits per heavy atom. The first-order chi connectivity index (χ1) is 12.6. The molecule has 26 heavy (non-hydrogen) atoms. The smallest absolute Gasteiger partial charge is 0.216 e. The van der Waals surface area contributed by atoms with Crippen LogP contribution in [0.3, 0.4) is 0 Å². The largest absolute Gasteiger partial charge is 0.388 e. The summed E-state index contributed by atoms with van der Waals surface area (Å²) in [6.07, 6.45) is 2.60. The predicted molar refractivity (Wildman–Crippen MR) is 96.4 cm³/mol. The van der Waals surface area contributed by atoms with Crippen LogP contribution in [0.25, 0.3) is 16.9 Å². The normalized spacial score (nSPS) is 13.2. The minimum absolute atomic E-state index is 0.0528. The lowest BCUT2D eigenvalue weighted by Crippen LogP contribution is -2.34. The lowest BCUT2D eigenvalue weighted by atomic mass is 10.0. The Labute approximate surface area is 150 Å². The average Bonchev–Trinajstić information content (AvgIpc) is 3.12. The summed E-state index contributed by atoms with van der Waals surface area (Å²) in [5, 5.41) is 28.0. The summed E-state index contributed by atoms with van der Waals surface area (Å²) < 4.78 is 1.65. The molecule has 0 bridgehead atoms. The number of pyridine rings is 1. The third-order valence-corrected chi connectivity index (χ3v) is 3.96. The molecule has 0 saturated carbocycles. The summed E-state index contributed by atoms with van der Waals surface area (Å²) in [5.41, 5.74) is 2.62.